The summed E-state index contributed by atoms with van der Waals surface area (Å²) < 4.78 is 22.9. The quantitative estimate of drug-likeness (QED) is 0.636. The predicted octanol–water partition coefficient (Wildman–Crippen LogP) is 2.66. The van der Waals surface area contributed by atoms with E-state index in [1.54, 1.807) is 13.8 Å². The molecule has 0 spiro atoms. The third kappa shape index (κ3) is 6.60. The average Bonchev–Trinajstić information content (AvgIpc) is 3.05. The molecule has 1 aliphatic rings. The molecule has 0 aromatic heterocycles. The van der Waals surface area contributed by atoms with E-state index in [2.05, 4.69) is 0 Å². The second-order valence-electron chi connectivity index (χ2n) is 7.70. The number of benzene rings is 2. The molecule has 6 heteroatoms. The van der Waals surface area contributed by atoms with Crippen molar-refractivity contribution in [3.8, 4) is 0 Å². The van der Waals surface area contributed by atoms with Gasteiger partial charge in [-0.15, -0.1) is 0 Å². The molecule has 3 rings (SSSR count). The number of rotatable bonds is 10. The highest BCUT2D eigenvalue weighted by Gasteiger charge is 2.48. The van der Waals surface area contributed by atoms with Crippen molar-refractivity contribution in [2.75, 3.05) is 13.2 Å². The molecule has 29 heavy (non-hydrogen) atoms. The normalized spacial score (nSPS) is 23.0. The van der Waals surface area contributed by atoms with Crippen LogP contribution in [0.3, 0.4) is 0 Å². The van der Waals surface area contributed by atoms with Crippen molar-refractivity contribution in [3.63, 3.8) is 0 Å². The Morgan fingerprint density at radius 3 is 1.52 bits per heavy atom. The van der Waals surface area contributed by atoms with Crippen LogP contribution in [0.4, 0.5) is 0 Å². The number of ether oxygens (including phenoxy) is 4. The van der Waals surface area contributed by atoms with E-state index in [0.29, 0.717) is 13.2 Å². The third-order valence-electron chi connectivity index (χ3n) is 4.72. The molecule has 0 aliphatic carbocycles. The first-order valence-corrected chi connectivity index (χ1v) is 9.90. The van der Waals surface area contributed by atoms with Crippen LogP contribution in [0.2, 0.25) is 0 Å². The van der Waals surface area contributed by atoms with Crippen LogP contribution in [0.25, 0.3) is 0 Å². The maximum Gasteiger partial charge on any atom is 0.164 e. The topological polar surface area (TPSA) is 77.4 Å². The average molecular weight is 402 g/mol. The van der Waals surface area contributed by atoms with Crippen molar-refractivity contribution < 1.29 is 29.2 Å². The Bertz CT molecular complexity index is 659. The van der Waals surface area contributed by atoms with Crippen LogP contribution in [0.15, 0.2) is 60.7 Å². The lowest BCUT2D eigenvalue weighted by Crippen LogP contribution is -2.45. The van der Waals surface area contributed by atoms with Gasteiger partial charge in [-0.25, -0.2) is 0 Å². The maximum atomic E-state index is 10.6. The van der Waals surface area contributed by atoms with Gasteiger partial charge in [-0.1, -0.05) is 60.7 Å². The van der Waals surface area contributed by atoms with E-state index >= 15 is 0 Å². The van der Waals surface area contributed by atoms with Crippen molar-refractivity contribution in [1.29, 1.82) is 0 Å². The first-order chi connectivity index (χ1) is 13.9. The Hall–Kier alpha value is -1.80. The van der Waals surface area contributed by atoms with Crippen molar-refractivity contribution in [3.05, 3.63) is 71.8 Å². The van der Waals surface area contributed by atoms with Crippen LogP contribution in [-0.2, 0) is 32.2 Å². The Balaban J connectivity index is 1.50. The summed E-state index contributed by atoms with van der Waals surface area (Å²) in [6.45, 7) is 4.45. The van der Waals surface area contributed by atoms with E-state index in [0.717, 1.165) is 11.1 Å². The van der Waals surface area contributed by atoms with Gasteiger partial charge >= 0.3 is 0 Å². The van der Waals surface area contributed by atoms with Crippen molar-refractivity contribution in [2.45, 2.75) is 57.3 Å². The lowest BCUT2D eigenvalue weighted by molar-refractivity contribution is -0.165. The van der Waals surface area contributed by atoms with E-state index in [-0.39, 0.29) is 13.2 Å². The highest BCUT2D eigenvalue weighted by molar-refractivity contribution is 5.14. The van der Waals surface area contributed by atoms with Crippen LogP contribution in [0.5, 0.6) is 0 Å². The number of hydrogen-bond acceptors (Lipinski definition) is 6. The van der Waals surface area contributed by atoms with Crippen molar-refractivity contribution in [2.24, 2.45) is 0 Å². The molecule has 0 radical (unpaired) electrons. The molecule has 6 nitrogen and oxygen atoms in total. The first-order valence-electron chi connectivity index (χ1n) is 9.90. The summed E-state index contributed by atoms with van der Waals surface area (Å²) in [6.07, 6.45) is -3.30. The van der Waals surface area contributed by atoms with Crippen LogP contribution in [0, 0.1) is 0 Å². The zero-order chi connectivity index (χ0) is 20.7. The minimum atomic E-state index is -0.936. The summed E-state index contributed by atoms with van der Waals surface area (Å²) in [4.78, 5) is 0. The highest BCUT2D eigenvalue weighted by Crippen LogP contribution is 2.32. The van der Waals surface area contributed by atoms with Gasteiger partial charge in [0.2, 0.25) is 0 Å². The van der Waals surface area contributed by atoms with Gasteiger partial charge in [-0.2, -0.15) is 0 Å². The second kappa shape index (κ2) is 10.3. The monoisotopic (exact) mass is 402 g/mol. The van der Waals surface area contributed by atoms with Gasteiger partial charge in [0, 0.05) is 0 Å². The molecular weight excluding hydrogens is 372 g/mol. The number of aliphatic hydroxyl groups excluding tert-OH is 2. The molecule has 0 bridgehead atoms. The zero-order valence-corrected chi connectivity index (χ0v) is 16.9. The van der Waals surface area contributed by atoms with Gasteiger partial charge in [0.1, 0.15) is 24.4 Å². The van der Waals surface area contributed by atoms with E-state index < -0.39 is 30.2 Å². The molecule has 2 N–H and O–H groups in total. The van der Waals surface area contributed by atoms with E-state index in [1.807, 2.05) is 60.7 Å². The molecule has 2 aromatic rings. The molecule has 0 saturated carbocycles. The molecular formula is C23H30O6. The summed E-state index contributed by atoms with van der Waals surface area (Å²) >= 11 is 0. The summed E-state index contributed by atoms with van der Waals surface area (Å²) in [5.74, 6) is -0.907. The standard InChI is InChI=1S/C23H30O6/c1-23(2)28-21(19(24)15-26-13-17-9-5-3-6-10-17)22(29-23)20(25)16-27-14-18-11-7-4-8-12-18/h3-12,19-22,24-25H,13-16H2,1-2H3/t19-,20-,21-,22-/m1/s1. The van der Waals surface area contributed by atoms with Crippen LogP contribution >= 0.6 is 0 Å². The first kappa shape index (κ1) is 21.9. The fraction of sp³-hybridized carbons (Fsp3) is 0.478. The van der Waals surface area contributed by atoms with Gasteiger partial charge in [0.15, 0.2) is 5.79 Å². The molecule has 158 valence electrons. The Morgan fingerprint density at radius 2 is 1.14 bits per heavy atom. The number of aliphatic hydroxyl groups is 2. The minimum absolute atomic E-state index is 0.0765. The molecule has 0 amide bonds. The van der Waals surface area contributed by atoms with E-state index in [9.17, 15) is 10.2 Å². The zero-order valence-electron chi connectivity index (χ0n) is 16.9. The van der Waals surface area contributed by atoms with Gasteiger partial charge < -0.3 is 29.2 Å². The minimum Gasteiger partial charge on any atom is -0.388 e. The Kier molecular flexibility index (Phi) is 7.77. The summed E-state index contributed by atoms with van der Waals surface area (Å²) in [5, 5.41) is 21.2. The fourth-order valence-corrected chi connectivity index (χ4v) is 3.35. The molecule has 4 atom stereocenters. The second-order valence-corrected chi connectivity index (χ2v) is 7.70. The molecule has 1 aliphatic heterocycles. The third-order valence-corrected chi connectivity index (χ3v) is 4.72. The lowest BCUT2D eigenvalue weighted by atomic mass is 10.0. The highest BCUT2D eigenvalue weighted by atomic mass is 16.8. The summed E-state index contributed by atoms with van der Waals surface area (Å²) in [7, 11) is 0. The van der Waals surface area contributed by atoms with Gasteiger partial charge in [0.05, 0.1) is 26.4 Å². The largest absolute Gasteiger partial charge is 0.388 e. The maximum absolute atomic E-state index is 10.6. The van der Waals surface area contributed by atoms with Crippen molar-refractivity contribution >= 4 is 0 Å². The Labute approximate surface area is 172 Å². The number of hydrogen-bond donors (Lipinski definition) is 2. The molecule has 1 fully saturated rings. The van der Waals surface area contributed by atoms with Crippen molar-refractivity contribution in [1.82, 2.24) is 0 Å². The lowest BCUT2D eigenvalue weighted by Gasteiger charge is -2.25. The SMILES string of the molecule is CC1(C)O[C@H]([C@H](O)COCc2ccccc2)[C@@H]([C@H](O)COCc2ccccc2)O1. The van der Waals surface area contributed by atoms with E-state index in [4.69, 9.17) is 18.9 Å². The van der Waals surface area contributed by atoms with Crippen LogP contribution in [-0.4, -0.2) is 53.6 Å². The smallest absolute Gasteiger partial charge is 0.164 e. The predicted molar refractivity (Wildman–Crippen MR) is 108 cm³/mol. The molecule has 2 aromatic carbocycles. The summed E-state index contributed by atoms with van der Waals surface area (Å²) in [6, 6.07) is 19.5. The molecule has 0 unspecified atom stereocenters. The Morgan fingerprint density at radius 1 is 0.759 bits per heavy atom. The summed E-state index contributed by atoms with van der Waals surface area (Å²) in [5.41, 5.74) is 2.05. The fourth-order valence-electron chi connectivity index (χ4n) is 3.35. The van der Waals surface area contributed by atoms with Gasteiger partial charge in [0.25, 0.3) is 0 Å². The van der Waals surface area contributed by atoms with Gasteiger partial charge in [-0.05, 0) is 25.0 Å². The van der Waals surface area contributed by atoms with Crippen LogP contribution in [0.1, 0.15) is 25.0 Å². The molecule has 1 saturated heterocycles. The molecule has 1 heterocycles. The van der Waals surface area contributed by atoms with Gasteiger partial charge in [-0.3, -0.25) is 0 Å². The van der Waals surface area contributed by atoms with Crippen LogP contribution < -0.4 is 0 Å². The van der Waals surface area contributed by atoms with E-state index in [1.165, 1.54) is 0 Å².